The standard InChI is InChI=1S/C14H23N3O2S/c1-10(12-15-8-11(2)20-12)7-16-13(18)17-9-14(3)5-4-6-19-14/h8,10H,4-7,9H2,1-3H3,(H2,16,17,18)/t10-,14-/m0/s1. The van der Waals surface area contributed by atoms with Crippen LogP contribution in [0.1, 0.15) is 42.5 Å². The van der Waals surface area contributed by atoms with Crippen molar-refractivity contribution in [1.29, 1.82) is 0 Å². The SMILES string of the molecule is Cc1cnc([C@@H](C)CNC(=O)NC[C@]2(C)CCCO2)s1. The molecule has 1 fully saturated rings. The van der Waals surface area contributed by atoms with Crippen molar-refractivity contribution in [2.45, 2.75) is 45.1 Å². The average molecular weight is 297 g/mol. The van der Waals surface area contributed by atoms with Crippen LogP contribution in [0.3, 0.4) is 0 Å². The highest BCUT2D eigenvalue weighted by atomic mass is 32.1. The number of aryl methyl sites for hydroxylation is 1. The molecule has 2 atom stereocenters. The fourth-order valence-corrected chi connectivity index (χ4v) is 3.06. The molecule has 0 bridgehead atoms. The maximum absolute atomic E-state index is 11.8. The van der Waals surface area contributed by atoms with Crippen LogP contribution in [0.4, 0.5) is 4.79 Å². The lowest BCUT2D eigenvalue weighted by Gasteiger charge is -2.23. The van der Waals surface area contributed by atoms with Gasteiger partial charge in [0, 0.05) is 36.7 Å². The van der Waals surface area contributed by atoms with Gasteiger partial charge in [-0.3, -0.25) is 0 Å². The summed E-state index contributed by atoms with van der Waals surface area (Å²) in [7, 11) is 0. The van der Waals surface area contributed by atoms with Crippen molar-refractivity contribution in [3.8, 4) is 0 Å². The summed E-state index contributed by atoms with van der Waals surface area (Å²) in [4.78, 5) is 17.3. The van der Waals surface area contributed by atoms with Gasteiger partial charge in [0.1, 0.15) is 0 Å². The van der Waals surface area contributed by atoms with Crippen molar-refractivity contribution >= 4 is 17.4 Å². The molecule has 1 aliphatic rings. The highest BCUT2D eigenvalue weighted by Crippen LogP contribution is 2.24. The number of hydrogen-bond donors (Lipinski definition) is 2. The van der Waals surface area contributed by atoms with Crippen LogP contribution in [0.15, 0.2) is 6.20 Å². The third kappa shape index (κ3) is 4.18. The van der Waals surface area contributed by atoms with Gasteiger partial charge in [-0.05, 0) is 26.7 Å². The summed E-state index contributed by atoms with van der Waals surface area (Å²) in [6.45, 7) is 8.09. The van der Waals surface area contributed by atoms with E-state index in [0.717, 1.165) is 24.5 Å². The van der Waals surface area contributed by atoms with E-state index in [2.05, 4.69) is 22.5 Å². The third-order valence-electron chi connectivity index (χ3n) is 3.55. The largest absolute Gasteiger partial charge is 0.373 e. The number of amides is 2. The number of rotatable bonds is 5. The fourth-order valence-electron chi connectivity index (χ4n) is 2.24. The Hall–Kier alpha value is -1.14. The molecular weight excluding hydrogens is 274 g/mol. The van der Waals surface area contributed by atoms with Gasteiger partial charge in [-0.2, -0.15) is 0 Å². The van der Waals surface area contributed by atoms with E-state index in [1.165, 1.54) is 4.88 Å². The first-order valence-corrected chi connectivity index (χ1v) is 7.88. The number of nitrogens with one attached hydrogen (secondary N) is 2. The Morgan fingerprint density at radius 1 is 1.60 bits per heavy atom. The van der Waals surface area contributed by atoms with Gasteiger partial charge in [0.2, 0.25) is 0 Å². The number of carbonyl (C=O) groups is 1. The molecule has 2 heterocycles. The summed E-state index contributed by atoms with van der Waals surface area (Å²) in [5.74, 6) is 0.234. The lowest BCUT2D eigenvalue weighted by atomic mass is 10.0. The predicted octanol–water partition coefficient (Wildman–Crippen LogP) is 2.42. The number of hydrogen-bond acceptors (Lipinski definition) is 4. The van der Waals surface area contributed by atoms with Gasteiger partial charge in [-0.1, -0.05) is 6.92 Å². The second-order valence-corrected chi connectivity index (χ2v) is 6.94. The summed E-state index contributed by atoms with van der Waals surface area (Å²) in [6.07, 6.45) is 3.94. The quantitative estimate of drug-likeness (QED) is 0.877. The number of ether oxygens (including phenoxy) is 1. The Labute approximate surface area is 124 Å². The van der Waals surface area contributed by atoms with Crippen LogP contribution in [0.25, 0.3) is 0 Å². The monoisotopic (exact) mass is 297 g/mol. The molecule has 1 aliphatic heterocycles. The summed E-state index contributed by atoms with van der Waals surface area (Å²) >= 11 is 1.68. The molecular formula is C14H23N3O2S. The molecule has 20 heavy (non-hydrogen) atoms. The van der Waals surface area contributed by atoms with Crippen LogP contribution in [0.5, 0.6) is 0 Å². The van der Waals surface area contributed by atoms with Crippen LogP contribution in [0.2, 0.25) is 0 Å². The smallest absolute Gasteiger partial charge is 0.314 e. The predicted molar refractivity (Wildman–Crippen MR) is 80.3 cm³/mol. The zero-order valence-electron chi connectivity index (χ0n) is 12.4. The molecule has 2 N–H and O–H groups in total. The van der Waals surface area contributed by atoms with Gasteiger partial charge >= 0.3 is 6.03 Å². The van der Waals surface area contributed by atoms with Crippen LogP contribution < -0.4 is 10.6 Å². The first-order valence-electron chi connectivity index (χ1n) is 7.06. The van der Waals surface area contributed by atoms with Crippen LogP contribution in [-0.2, 0) is 4.74 Å². The summed E-state index contributed by atoms with van der Waals surface area (Å²) < 4.78 is 5.64. The van der Waals surface area contributed by atoms with E-state index < -0.39 is 0 Å². The Balaban J connectivity index is 1.69. The molecule has 0 radical (unpaired) electrons. The Kier molecular flexibility index (Phi) is 4.99. The topological polar surface area (TPSA) is 63.2 Å². The number of aromatic nitrogens is 1. The van der Waals surface area contributed by atoms with Crippen LogP contribution in [0, 0.1) is 6.92 Å². The maximum atomic E-state index is 11.8. The van der Waals surface area contributed by atoms with E-state index in [9.17, 15) is 4.79 Å². The normalized spacial score (nSPS) is 23.6. The van der Waals surface area contributed by atoms with Crippen molar-refractivity contribution in [3.63, 3.8) is 0 Å². The Bertz CT molecular complexity index is 455. The highest BCUT2D eigenvalue weighted by Gasteiger charge is 2.29. The van der Waals surface area contributed by atoms with E-state index in [1.807, 2.05) is 20.0 Å². The lowest BCUT2D eigenvalue weighted by Crippen LogP contribution is -2.45. The van der Waals surface area contributed by atoms with Crippen molar-refractivity contribution in [2.75, 3.05) is 19.7 Å². The highest BCUT2D eigenvalue weighted by molar-refractivity contribution is 7.11. The number of thiazole rings is 1. The van der Waals surface area contributed by atoms with Crippen molar-refractivity contribution < 1.29 is 9.53 Å². The zero-order valence-corrected chi connectivity index (χ0v) is 13.2. The minimum absolute atomic E-state index is 0.137. The molecule has 5 nitrogen and oxygen atoms in total. The summed E-state index contributed by atoms with van der Waals surface area (Å²) in [5.41, 5.74) is -0.199. The lowest BCUT2D eigenvalue weighted by molar-refractivity contribution is 0.0229. The molecule has 1 aromatic rings. The van der Waals surface area contributed by atoms with Crippen molar-refractivity contribution in [3.05, 3.63) is 16.1 Å². The molecule has 2 amide bonds. The number of carbonyl (C=O) groups excluding carboxylic acids is 1. The molecule has 1 saturated heterocycles. The maximum Gasteiger partial charge on any atom is 0.314 e. The summed E-state index contributed by atoms with van der Waals surface area (Å²) in [6, 6.07) is -0.137. The van der Waals surface area contributed by atoms with E-state index in [4.69, 9.17) is 4.74 Å². The van der Waals surface area contributed by atoms with Crippen molar-refractivity contribution in [2.24, 2.45) is 0 Å². The van der Waals surface area contributed by atoms with Crippen molar-refractivity contribution in [1.82, 2.24) is 15.6 Å². The van der Waals surface area contributed by atoms with E-state index >= 15 is 0 Å². The Morgan fingerprint density at radius 3 is 3.00 bits per heavy atom. The molecule has 0 unspecified atom stereocenters. The molecule has 1 aromatic heterocycles. The van der Waals surface area contributed by atoms with Crippen LogP contribution >= 0.6 is 11.3 Å². The molecule has 0 aromatic carbocycles. The number of urea groups is 1. The Morgan fingerprint density at radius 2 is 2.40 bits per heavy atom. The fraction of sp³-hybridized carbons (Fsp3) is 0.714. The third-order valence-corrected chi connectivity index (χ3v) is 4.70. The van der Waals surface area contributed by atoms with E-state index in [1.54, 1.807) is 11.3 Å². The van der Waals surface area contributed by atoms with Gasteiger partial charge in [-0.15, -0.1) is 11.3 Å². The molecule has 0 spiro atoms. The first-order chi connectivity index (χ1) is 9.48. The zero-order chi connectivity index (χ0) is 14.6. The summed E-state index contributed by atoms with van der Waals surface area (Å²) in [5, 5.41) is 6.84. The number of nitrogens with zero attached hydrogens (tertiary/aromatic N) is 1. The second kappa shape index (κ2) is 6.54. The minimum Gasteiger partial charge on any atom is -0.373 e. The van der Waals surface area contributed by atoms with Gasteiger partial charge in [-0.25, -0.2) is 9.78 Å². The first kappa shape index (κ1) is 15.3. The molecule has 0 saturated carbocycles. The van der Waals surface area contributed by atoms with E-state index in [-0.39, 0.29) is 17.6 Å². The molecule has 6 heteroatoms. The molecule has 0 aliphatic carbocycles. The van der Waals surface area contributed by atoms with Gasteiger partial charge in [0.05, 0.1) is 10.6 Å². The van der Waals surface area contributed by atoms with Gasteiger partial charge in [0.25, 0.3) is 0 Å². The molecule has 2 rings (SSSR count). The van der Waals surface area contributed by atoms with Gasteiger partial charge in [0.15, 0.2) is 0 Å². The van der Waals surface area contributed by atoms with Crippen LogP contribution in [-0.4, -0.2) is 36.3 Å². The van der Waals surface area contributed by atoms with Gasteiger partial charge < -0.3 is 15.4 Å². The average Bonchev–Trinajstić information content (AvgIpc) is 3.03. The second-order valence-electron chi connectivity index (χ2n) is 5.68. The van der Waals surface area contributed by atoms with E-state index in [0.29, 0.717) is 13.1 Å². The minimum atomic E-state index is -0.199. The molecule has 112 valence electrons.